The highest BCUT2D eigenvalue weighted by Gasteiger charge is 2.70. The number of benzene rings is 1. The van der Waals surface area contributed by atoms with Gasteiger partial charge in [-0.3, -0.25) is 9.59 Å². The van der Waals surface area contributed by atoms with Gasteiger partial charge >= 0.3 is 6.18 Å². The van der Waals surface area contributed by atoms with Crippen molar-refractivity contribution in [3.63, 3.8) is 0 Å². The van der Waals surface area contributed by atoms with Crippen molar-refractivity contribution in [3.8, 4) is 6.07 Å². The number of carbonyl (C=O) groups excluding carboxylic acids is 2. The fourth-order valence-electron chi connectivity index (χ4n) is 4.67. The van der Waals surface area contributed by atoms with Gasteiger partial charge in [-0.15, -0.1) is 0 Å². The van der Waals surface area contributed by atoms with Crippen LogP contribution in [0.5, 0.6) is 0 Å². The quantitative estimate of drug-likeness (QED) is 0.753. The van der Waals surface area contributed by atoms with E-state index in [0.717, 1.165) is 11.0 Å². The predicted octanol–water partition coefficient (Wildman–Crippen LogP) is 1.83. The zero-order valence-corrected chi connectivity index (χ0v) is 14.6. The number of anilines is 1. The molecule has 3 aliphatic rings. The van der Waals surface area contributed by atoms with Crippen LogP contribution in [0.1, 0.15) is 25.0 Å². The van der Waals surface area contributed by atoms with E-state index in [1.165, 1.54) is 12.1 Å². The number of morpholine rings is 1. The number of hydrogen-bond donors (Lipinski definition) is 1. The third-order valence-corrected chi connectivity index (χ3v) is 5.73. The van der Waals surface area contributed by atoms with E-state index < -0.39 is 52.2 Å². The van der Waals surface area contributed by atoms with Crippen LogP contribution in [0.2, 0.25) is 0 Å². The molecule has 1 N–H and O–H groups in total. The summed E-state index contributed by atoms with van der Waals surface area (Å²) in [6.07, 6.45) is -4.77. The van der Waals surface area contributed by atoms with Crippen LogP contribution < -0.4 is 10.2 Å². The summed E-state index contributed by atoms with van der Waals surface area (Å²) in [5, 5.41) is 12.1. The molecule has 2 bridgehead atoms. The highest BCUT2D eigenvalue weighted by Crippen LogP contribution is 2.54. The molecule has 0 radical (unpaired) electrons. The lowest BCUT2D eigenvalue weighted by Gasteiger charge is -2.39. The average Bonchev–Trinajstić information content (AvgIpc) is 2.94. The van der Waals surface area contributed by atoms with E-state index in [2.05, 4.69) is 5.32 Å². The van der Waals surface area contributed by atoms with Crippen LogP contribution in [-0.4, -0.2) is 36.1 Å². The third kappa shape index (κ3) is 2.33. The molecule has 3 aliphatic heterocycles. The Hall–Kier alpha value is -2.44. The summed E-state index contributed by atoms with van der Waals surface area (Å²) in [6.45, 7) is 4.21. The molecule has 6 nitrogen and oxygen atoms in total. The molecule has 4 atom stereocenters. The number of alkyl halides is 3. The number of hydrogen-bond acceptors (Lipinski definition) is 5. The van der Waals surface area contributed by atoms with Gasteiger partial charge in [-0.25, -0.2) is 4.90 Å². The summed E-state index contributed by atoms with van der Waals surface area (Å²) in [6, 6.07) is 4.36. The third-order valence-electron chi connectivity index (χ3n) is 5.73. The Morgan fingerprint density at radius 2 is 1.74 bits per heavy atom. The molecule has 1 aromatic rings. The van der Waals surface area contributed by atoms with Crippen molar-refractivity contribution >= 4 is 17.5 Å². The maximum atomic E-state index is 13.3. The van der Waals surface area contributed by atoms with E-state index in [1.54, 1.807) is 13.8 Å². The summed E-state index contributed by atoms with van der Waals surface area (Å²) in [7, 11) is 0. The predicted molar refractivity (Wildman–Crippen MR) is 86.4 cm³/mol. The Morgan fingerprint density at radius 1 is 1.19 bits per heavy atom. The average molecular weight is 379 g/mol. The Balaban J connectivity index is 1.81. The minimum atomic E-state index is -4.77. The number of nitrogens with zero attached hydrogens (tertiary/aromatic N) is 2. The zero-order chi connectivity index (χ0) is 19.8. The Kier molecular flexibility index (Phi) is 3.52. The van der Waals surface area contributed by atoms with Gasteiger partial charge in [0, 0.05) is 13.1 Å². The molecular formula is C18H16F3N3O3. The van der Waals surface area contributed by atoms with Gasteiger partial charge in [-0.2, -0.15) is 18.4 Å². The maximum absolute atomic E-state index is 13.3. The molecule has 27 heavy (non-hydrogen) atoms. The summed E-state index contributed by atoms with van der Waals surface area (Å²) in [5.41, 5.74) is -3.72. The first kappa shape index (κ1) is 17.9. The topological polar surface area (TPSA) is 82.4 Å². The molecule has 2 amide bonds. The fraction of sp³-hybridized carbons (Fsp3) is 0.500. The number of nitrogens with one attached hydrogen (secondary N) is 1. The molecule has 3 saturated heterocycles. The summed E-state index contributed by atoms with van der Waals surface area (Å²) in [4.78, 5) is 26.9. The molecule has 9 heteroatoms. The highest BCUT2D eigenvalue weighted by molar-refractivity contribution is 6.23. The first-order valence-corrected chi connectivity index (χ1v) is 8.42. The number of carbonyl (C=O) groups is 2. The van der Waals surface area contributed by atoms with Crippen LogP contribution in [0.25, 0.3) is 0 Å². The van der Waals surface area contributed by atoms with E-state index >= 15 is 0 Å². The minimum absolute atomic E-state index is 0.177. The van der Waals surface area contributed by atoms with Crippen LogP contribution in [-0.2, 0) is 20.5 Å². The minimum Gasteiger partial charge on any atom is -0.365 e. The van der Waals surface area contributed by atoms with Crippen LogP contribution in [0.3, 0.4) is 0 Å². The number of ether oxygens (including phenoxy) is 1. The fourth-order valence-corrected chi connectivity index (χ4v) is 4.67. The number of fused-ring (bicyclic) bond motifs is 5. The van der Waals surface area contributed by atoms with Crippen molar-refractivity contribution < 1.29 is 27.5 Å². The first-order valence-electron chi connectivity index (χ1n) is 8.42. The van der Waals surface area contributed by atoms with Gasteiger partial charge in [-0.05, 0) is 32.0 Å². The molecule has 4 rings (SSSR count). The Labute approximate surface area is 152 Å². The van der Waals surface area contributed by atoms with E-state index in [1.807, 2.05) is 0 Å². The molecule has 0 unspecified atom stereocenters. The molecule has 3 fully saturated rings. The normalized spacial score (nSPS) is 35.3. The van der Waals surface area contributed by atoms with E-state index in [-0.39, 0.29) is 5.69 Å². The molecule has 142 valence electrons. The molecule has 0 aliphatic carbocycles. The van der Waals surface area contributed by atoms with E-state index in [9.17, 15) is 22.8 Å². The van der Waals surface area contributed by atoms with Crippen molar-refractivity contribution in [2.45, 2.75) is 31.2 Å². The molecule has 1 aromatic carbocycles. The monoisotopic (exact) mass is 379 g/mol. The van der Waals surface area contributed by atoms with E-state index in [0.29, 0.717) is 19.2 Å². The van der Waals surface area contributed by atoms with Gasteiger partial charge in [0.05, 0.1) is 45.9 Å². The SMILES string of the molecule is C[C@]12CNC[C@](C)(O1)[C@@H]1C(=O)N(c3ccc(C#N)c(C(F)(F)F)c3)C(=O)[C@@H]12. The summed E-state index contributed by atoms with van der Waals surface area (Å²) in [5.74, 6) is -2.68. The number of imide groups is 1. The second-order valence-corrected chi connectivity index (χ2v) is 7.64. The van der Waals surface area contributed by atoms with Crippen LogP contribution in [0.4, 0.5) is 18.9 Å². The van der Waals surface area contributed by atoms with Gasteiger partial charge in [0.15, 0.2) is 0 Å². The largest absolute Gasteiger partial charge is 0.417 e. The molecule has 0 spiro atoms. The number of nitriles is 1. The summed E-state index contributed by atoms with van der Waals surface area (Å²) < 4.78 is 45.8. The molecule has 0 aromatic heterocycles. The second-order valence-electron chi connectivity index (χ2n) is 7.64. The van der Waals surface area contributed by atoms with E-state index in [4.69, 9.17) is 10.00 Å². The van der Waals surface area contributed by atoms with Crippen molar-refractivity contribution in [2.75, 3.05) is 18.0 Å². The first-order chi connectivity index (χ1) is 12.5. The van der Waals surface area contributed by atoms with Crippen molar-refractivity contribution in [1.29, 1.82) is 5.26 Å². The van der Waals surface area contributed by atoms with Crippen LogP contribution >= 0.6 is 0 Å². The van der Waals surface area contributed by atoms with Crippen molar-refractivity contribution in [3.05, 3.63) is 29.3 Å². The Bertz CT molecular complexity index is 875. The smallest absolute Gasteiger partial charge is 0.365 e. The lowest BCUT2D eigenvalue weighted by atomic mass is 9.79. The van der Waals surface area contributed by atoms with Crippen molar-refractivity contribution in [1.82, 2.24) is 5.32 Å². The zero-order valence-electron chi connectivity index (χ0n) is 14.6. The highest BCUT2D eigenvalue weighted by atomic mass is 19.4. The molecule has 3 heterocycles. The summed E-state index contributed by atoms with van der Waals surface area (Å²) >= 11 is 0. The van der Waals surface area contributed by atoms with Gasteiger partial charge in [0.1, 0.15) is 0 Å². The van der Waals surface area contributed by atoms with Gasteiger partial charge < -0.3 is 10.1 Å². The van der Waals surface area contributed by atoms with Crippen LogP contribution in [0, 0.1) is 23.2 Å². The second kappa shape index (κ2) is 5.30. The molecule has 0 saturated carbocycles. The maximum Gasteiger partial charge on any atom is 0.417 e. The standard InChI is InChI=1S/C18H16F3N3O3/c1-16-7-23-8-17(2,27-16)13-12(16)14(25)24(15(13)26)10-4-3-9(6-22)11(5-10)18(19,20)21/h3-5,12-13,23H,7-8H2,1-2H3/t12-,13+,16-,17+. The lowest BCUT2D eigenvalue weighted by Crippen LogP contribution is -2.56. The van der Waals surface area contributed by atoms with Crippen LogP contribution in [0.15, 0.2) is 18.2 Å². The van der Waals surface area contributed by atoms with Gasteiger partial charge in [0.25, 0.3) is 0 Å². The molecular weight excluding hydrogens is 363 g/mol. The van der Waals surface area contributed by atoms with Crippen molar-refractivity contribution in [2.24, 2.45) is 11.8 Å². The Morgan fingerprint density at radius 3 is 2.22 bits per heavy atom. The van der Waals surface area contributed by atoms with Gasteiger partial charge in [-0.1, -0.05) is 0 Å². The van der Waals surface area contributed by atoms with Gasteiger partial charge in [0.2, 0.25) is 11.8 Å². The lowest BCUT2D eigenvalue weighted by molar-refractivity contribution is -0.145. The number of halogens is 3. The number of amides is 2. The number of rotatable bonds is 1.